The Hall–Kier alpha value is -3.40. The van der Waals surface area contributed by atoms with Crippen LogP contribution in [-0.2, 0) is 35.0 Å². The van der Waals surface area contributed by atoms with Crippen molar-refractivity contribution >= 4 is 24.1 Å². The molecule has 10 heteroatoms. The fourth-order valence-corrected chi connectivity index (χ4v) is 5.28. The number of oxazole rings is 1. The van der Waals surface area contributed by atoms with Crippen LogP contribution in [-0.4, -0.2) is 61.1 Å². The number of allylic oxidation sites excluding steroid dienone is 2. The number of fused-ring (bicyclic) bond motifs is 2. The van der Waals surface area contributed by atoms with Gasteiger partial charge in [-0.25, -0.2) is 14.6 Å². The van der Waals surface area contributed by atoms with Crippen LogP contribution < -0.4 is 5.32 Å². The Kier molecular flexibility index (Phi) is 13.1. The minimum absolute atomic E-state index is 0.0801. The number of rotatable bonds is 10. The van der Waals surface area contributed by atoms with Gasteiger partial charge < -0.3 is 28.7 Å². The van der Waals surface area contributed by atoms with Gasteiger partial charge in [0.05, 0.1) is 31.4 Å². The van der Waals surface area contributed by atoms with Crippen LogP contribution in [0.2, 0.25) is 0 Å². The standard InChI is InChI=1S/C31H44N2O8/c1-5-9-24-15-21(2)14-22(3)16-25-17-26(18-27(39-25)19-30(35)40-24)41-29(34)12-7-6-10-23-20-38-28(33-23)11-8-13-32-31(36)37-4/h7-8,11-12,16,20-21,24-27H,5-6,9-10,13-15,17-19H2,1-4H3,(H,32,36)/b11-8-,12-7-,22-16-/t21-,24+,25-,26-,27-/m1/s1. The molecule has 1 saturated heterocycles. The second-order valence-corrected chi connectivity index (χ2v) is 10.9. The lowest BCUT2D eigenvalue weighted by Crippen LogP contribution is -2.39. The first-order valence-electron chi connectivity index (χ1n) is 14.6. The number of aromatic nitrogens is 1. The van der Waals surface area contributed by atoms with Gasteiger partial charge in [-0.1, -0.05) is 44.1 Å². The van der Waals surface area contributed by atoms with Crippen molar-refractivity contribution < 1.29 is 37.7 Å². The summed E-state index contributed by atoms with van der Waals surface area (Å²) in [6.07, 6.45) is 14.6. The molecule has 0 radical (unpaired) electrons. The fourth-order valence-electron chi connectivity index (χ4n) is 5.28. The van der Waals surface area contributed by atoms with E-state index in [4.69, 9.17) is 18.6 Å². The molecule has 3 heterocycles. The van der Waals surface area contributed by atoms with Crippen LogP contribution in [0.3, 0.4) is 0 Å². The molecular weight excluding hydrogens is 528 g/mol. The van der Waals surface area contributed by atoms with Crippen LogP contribution in [0.25, 0.3) is 6.08 Å². The van der Waals surface area contributed by atoms with E-state index in [1.165, 1.54) is 18.8 Å². The van der Waals surface area contributed by atoms with E-state index < -0.39 is 12.1 Å². The van der Waals surface area contributed by atoms with Gasteiger partial charge in [0, 0.05) is 25.5 Å². The van der Waals surface area contributed by atoms with Gasteiger partial charge in [-0.2, -0.15) is 0 Å². The number of hydrogen-bond donors (Lipinski definition) is 1. The van der Waals surface area contributed by atoms with Crippen molar-refractivity contribution in [3.05, 3.63) is 47.7 Å². The molecule has 0 aromatic carbocycles. The van der Waals surface area contributed by atoms with E-state index in [9.17, 15) is 14.4 Å². The molecule has 5 atom stereocenters. The fraction of sp³-hybridized carbons (Fsp3) is 0.613. The molecule has 0 saturated carbocycles. The topological polar surface area (TPSA) is 126 Å². The number of hydrogen-bond acceptors (Lipinski definition) is 9. The van der Waals surface area contributed by atoms with E-state index in [-0.39, 0.29) is 36.8 Å². The number of nitrogens with zero attached hydrogens (tertiary/aromatic N) is 1. The van der Waals surface area contributed by atoms with Gasteiger partial charge in [0.1, 0.15) is 18.5 Å². The Bertz CT molecular complexity index is 1090. The summed E-state index contributed by atoms with van der Waals surface area (Å²) in [6.45, 7) is 6.69. The number of nitrogens with one attached hydrogen (secondary N) is 1. The van der Waals surface area contributed by atoms with Crippen LogP contribution >= 0.6 is 0 Å². The summed E-state index contributed by atoms with van der Waals surface area (Å²) in [6, 6.07) is 0. The number of alkyl carbamates (subject to hydrolysis) is 1. The second kappa shape index (κ2) is 16.8. The Balaban J connectivity index is 1.50. The average molecular weight is 573 g/mol. The molecule has 2 aliphatic rings. The van der Waals surface area contributed by atoms with Crippen LogP contribution in [0, 0.1) is 5.92 Å². The molecule has 0 aliphatic carbocycles. The van der Waals surface area contributed by atoms with E-state index in [0.717, 1.165) is 31.4 Å². The first-order valence-corrected chi connectivity index (χ1v) is 14.6. The van der Waals surface area contributed by atoms with Crippen LogP contribution in [0.15, 0.2) is 40.6 Å². The average Bonchev–Trinajstić information content (AvgIpc) is 3.35. The van der Waals surface area contributed by atoms with E-state index in [2.05, 4.69) is 41.9 Å². The second-order valence-electron chi connectivity index (χ2n) is 10.9. The third-order valence-electron chi connectivity index (χ3n) is 6.98. The number of methoxy groups -OCH3 is 1. The molecule has 10 nitrogen and oxygen atoms in total. The summed E-state index contributed by atoms with van der Waals surface area (Å²) >= 11 is 0. The number of cyclic esters (lactones) is 1. The summed E-state index contributed by atoms with van der Waals surface area (Å²) in [4.78, 5) is 40.7. The third kappa shape index (κ3) is 11.9. The number of esters is 2. The predicted octanol–water partition coefficient (Wildman–Crippen LogP) is 5.47. The highest BCUT2D eigenvalue weighted by molar-refractivity contribution is 5.82. The highest BCUT2D eigenvalue weighted by atomic mass is 16.6. The summed E-state index contributed by atoms with van der Waals surface area (Å²) in [7, 11) is 1.30. The molecule has 2 bridgehead atoms. The quantitative estimate of drug-likeness (QED) is 0.168. The van der Waals surface area contributed by atoms with Gasteiger partial charge in [0.25, 0.3) is 0 Å². The Labute approximate surface area is 242 Å². The summed E-state index contributed by atoms with van der Waals surface area (Å²) in [5.74, 6) is 0.145. The minimum atomic E-state index is -0.512. The van der Waals surface area contributed by atoms with Crippen LogP contribution in [0.1, 0.15) is 83.7 Å². The molecule has 1 N–H and O–H groups in total. The first kappa shape index (κ1) is 32.1. The lowest BCUT2D eigenvalue weighted by molar-refractivity contribution is -0.162. The lowest BCUT2D eigenvalue weighted by atomic mass is 9.91. The molecule has 3 rings (SSSR count). The summed E-state index contributed by atoms with van der Waals surface area (Å²) in [5.41, 5.74) is 1.98. The lowest BCUT2D eigenvalue weighted by Gasteiger charge is -2.34. The highest BCUT2D eigenvalue weighted by Crippen LogP contribution is 2.29. The van der Waals surface area contributed by atoms with Crippen molar-refractivity contribution in [1.82, 2.24) is 10.3 Å². The van der Waals surface area contributed by atoms with E-state index in [1.54, 1.807) is 24.5 Å². The monoisotopic (exact) mass is 572 g/mol. The van der Waals surface area contributed by atoms with E-state index in [0.29, 0.717) is 44.0 Å². The van der Waals surface area contributed by atoms with Crippen LogP contribution in [0.5, 0.6) is 0 Å². The van der Waals surface area contributed by atoms with Crippen molar-refractivity contribution in [2.24, 2.45) is 5.92 Å². The number of carbonyl (C=O) groups excluding carboxylic acids is 3. The maximum absolute atomic E-state index is 12.7. The number of aryl methyl sites for hydroxylation is 1. The van der Waals surface area contributed by atoms with Crippen LogP contribution in [0.4, 0.5) is 4.79 Å². The number of ether oxygens (including phenoxy) is 4. The van der Waals surface area contributed by atoms with Crippen molar-refractivity contribution in [2.45, 2.75) is 103 Å². The zero-order chi connectivity index (χ0) is 29.6. The van der Waals surface area contributed by atoms with Crippen molar-refractivity contribution in [3.8, 4) is 0 Å². The number of amides is 1. The zero-order valence-electron chi connectivity index (χ0n) is 24.6. The van der Waals surface area contributed by atoms with Gasteiger partial charge in [-0.05, 0) is 51.0 Å². The smallest absolute Gasteiger partial charge is 0.407 e. The summed E-state index contributed by atoms with van der Waals surface area (Å²) in [5, 5.41) is 2.53. The van der Waals surface area contributed by atoms with E-state index >= 15 is 0 Å². The van der Waals surface area contributed by atoms with Crippen molar-refractivity contribution in [2.75, 3.05) is 13.7 Å². The maximum atomic E-state index is 12.7. The van der Waals surface area contributed by atoms with E-state index in [1.807, 2.05) is 0 Å². The molecule has 0 unspecified atom stereocenters. The Morgan fingerprint density at radius 3 is 2.80 bits per heavy atom. The molecule has 1 amide bonds. The minimum Gasteiger partial charge on any atom is -0.462 e. The van der Waals surface area contributed by atoms with Gasteiger partial charge >= 0.3 is 18.0 Å². The van der Waals surface area contributed by atoms with Crippen molar-refractivity contribution in [3.63, 3.8) is 0 Å². The molecular formula is C31H44N2O8. The SMILES string of the molecule is CCC[C@H]1C[C@H](C)C/C(C)=C\[C@@H]2C[C@@H](OC(=O)/C=C\CCc3coc(/C=C\CNC(=O)OC)n3)C[C@H](CC(=O)O1)O2. The predicted molar refractivity (Wildman–Crippen MR) is 153 cm³/mol. The normalized spacial score (nSPS) is 26.9. The van der Waals surface area contributed by atoms with Gasteiger partial charge in [-0.3, -0.25) is 4.79 Å². The zero-order valence-corrected chi connectivity index (χ0v) is 24.6. The molecule has 41 heavy (non-hydrogen) atoms. The Morgan fingerprint density at radius 1 is 1.20 bits per heavy atom. The molecule has 2 aliphatic heterocycles. The highest BCUT2D eigenvalue weighted by Gasteiger charge is 2.33. The van der Waals surface area contributed by atoms with Crippen molar-refractivity contribution in [1.29, 1.82) is 0 Å². The molecule has 1 aromatic rings. The first-order chi connectivity index (χ1) is 19.7. The van der Waals surface area contributed by atoms with Gasteiger partial charge in [-0.15, -0.1) is 0 Å². The maximum Gasteiger partial charge on any atom is 0.407 e. The molecule has 1 fully saturated rings. The van der Waals surface area contributed by atoms with Gasteiger partial charge in [0.2, 0.25) is 5.89 Å². The largest absolute Gasteiger partial charge is 0.462 e. The third-order valence-corrected chi connectivity index (χ3v) is 6.98. The molecule has 0 spiro atoms. The summed E-state index contributed by atoms with van der Waals surface area (Å²) < 4.78 is 27.7. The van der Waals surface area contributed by atoms with Gasteiger partial charge in [0.15, 0.2) is 0 Å². The number of carbonyl (C=O) groups is 3. The molecule has 226 valence electrons. The Morgan fingerprint density at radius 2 is 2.02 bits per heavy atom. The molecule has 1 aromatic heterocycles.